The number of hydrogen-bond donors (Lipinski definition) is 2. The monoisotopic (exact) mass is 525 g/mol. The number of nitrogens with zero attached hydrogens (tertiary/aromatic N) is 1. The molecule has 3 aromatic rings. The van der Waals surface area contributed by atoms with Crippen LogP contribution in [0.1, 0.15) is 29.3 Å². The van der Waals surface area contributed by atoms with E-state index in [1.54, 1.807) is 42.5 Å². The minimum Gasteiger partial charge on any atom is -0.493 e. The Morgan fingerprint density at radius 1 is 0.946 bits per heavy atom. The highest BCUT2D eigenvalue weighted by Gasteiger charge is 2.14. The maximum Gasteiger partial charge on any atom is 0.271 e. The van der Waals surface area contributed by atoms with Gasteiger partial charge < -0.3 is 24.3 Å². The number of carbonyl (C=O) groups excluding carboxylic acids is 2. The molecule has 3 aromatic carbocycles. The maximum atomic E-state index is 12.5. The van der Waals surface area contributed by atoms with Crippen molar-refractivity contribution in [3.05, 3.63) is 76.8 Å². The van der Waals surface area contributed by atoms with Crippen LogP contribution in [-0.2, 0) is 4.79 Å². The Bertz CT molecular complexity index is 1250. The van der Waals surface area contributed by atoms with E-state index in [4.69, 9.17) is 30.5 Å². The lowest BCUT2D eigenvalue weighted by molar-refractivity contribution is -0.118. The van der Waals surface area contributed by atoms with Crippen LogP contribution in [0.3, 0.4) is 0 Å². The van der Waals surface area contributed by atoms with Crippen molar-refractivity contribution in [2.24, 2.45) is 5.10 Å². The number of nitrogens with one attached hydrogen (secondary N) is 2. The number of methoxy groups -OCH3 is 2. The van der Waals surface area contributed by atoms with Crippen molar-refractivity contribution in [2.75, 3.05) is 32.8 Å². The molecule has 0 heterocycles. The second kappa shape index (κ2) is 13.7. The number of ether oxygens (including phenoxy) is 4. The van der Waals surface area contributed by atoms with Gasteiger partial charge in [0, 0.05) is 11.3 Å². The topological polar surface area (TPSA) is 107 Å². The van der Waals surface area contributed by atoms with Gasteiger partial charge in [0.2, 0.25) is 0 Å². The Balaban J connectivity index is 1.62. The smallest absolute Gasteiger partial charge is 0.271 e. The van der Waals surface area contributed by atoms with Gasteiger partial charge in [-0.15, -0.1) is 0 Å². The van der Waals surface area contributed by atoms with Gasteiger partial charge in [-0.3, -0.25) is 9.59 Å². The number of hydrogen-bond acceptors (Lipinski definition) is 7. The third-order valence-electron chi connectivity index (χ3n) is 4.92. The summed E-state index contributed by atoms with van der Waals surface area (Å²) in [6.07, 6.45) is 2.26. The average Bonchev–Trinajstić information content (AvgIpc) is 2.91. The van der Waals surface area contributed by atoms with Gasteiger partial charge in [0.1, 0.15) is 0 Å². The fraction of sp³-hybridized carbons (Fsp3) is 0.222. The number of amides is 2. The highest BCUT2D eigenvalue weighted by Crippen LogP contribution is 2.36. The zero-order valence-electron chi connectivity index (χ0n) is 20.7. The summed E-state index contributed by atoms with van der Waals surface area (Å²) in [5.41, 5.74) is 4.02. The Kier molecular flexibility index (Phi) is 10.2. The molecular formula is C27H28ClN3O6. The largest absolute Gasteiger partial charge is 0.493 e. The summed E-state index contributed by atoms with van der Waals surface area (Å²) in [4.78, 5) is 24.7. The second-order valence-electron chi connectivity index (χ2n) is 7.65. The molecule has 0 spiro atoms. The number of rotatable bonds is 12. The van der Waals surface area contributed by atoms with Crippen molar-refractivity contribution >= 4 is 35.3 Å². The van der Waals surface area contributed by atoms with E-state index >= 15 is 0 Å². The summed E-state index contributed by atoms with van der Waals surface area (Å²) in [6, 6.07) is 17.1. The Morgan fingerprint density at radius 2 is 1.70 bits per heavy atom. The molecule has 0 atom stereocenters. The highest BCUT2D eigenvalue weighted by atomic mass is 35.5. The number of hydrazone groups is 1. The molecule has 0 saturated heterocycles. The first-order valence-corrected chi connectivity index (χ1v) is 11.8. The molecule has 0 bridgehead atoms. The van der Waals surface area contributed by atoms with Gasteiger partial charge in [0.25, 0.3) is 11.8 Å². The first-order valence-electron chi connectivity index (χ1n) is 11.4. The van der Waals surface area contributed by atoms with Crippen LogP contribution in [0.2, 0.25) is 5.02 Å². The number of benzene rings is 3. The van der Waals surface area contributed by atoms with Crippen molar-refractivity contribution in [2.45, 2.75) is 13.3 Å². The predicted molar refractivity (Wildman–Crippen MR) is 142 cm³/mol. The molecular weight excluding hydrogens is 498 g/mol. The Morgan fingerprint density at radius 3 is 2.41 bits per heavy atom. The number of para-hydroxylation sites is 1. The van der Waals surface area contributed by atoms with Crippen LogP contribution in [0.4, 0.5) is 5.69 Å². The van der Waals surface area contributed by atoms with Gasteiger partial charge in [-0.25, -0.2) is 5.43 Å². The summed E-state index contributed by atoms with van der Waals surface area (Å²) in [7, 11) is 2.96. The molecule has 0 fully saturated rings. The number of anilines is 1. The summed E-state index contributed by atoms with van der Waals surface area (Å²) >= 11 is 6.37. The first kappa shape index (κ1) is 27.3. The normalized spacial score (nSPS) is 10.6. The van der Waals surface area contributed by atoms with Crippen molar-refractivity contribution in [1.82, 2.24) is 5.43 Å². The first-order chi connectivity index (χ1) is 17.9. The summed E-state index contributed by atoms with van der Waals surface area (Å²) < 4.78 is 21.9. The van der Waals surface area contributed by atoms with E-state index in [9.17, 15) is 9.59 Å². The summed E-state index contributed by atoms with van der Waals surface area (Å²) in [5.74, 6) is 0.755. The van der Waals surface area contributed by atoms with E-state index in [0.717, 1.165) is 6.42 Å². The van der Waals surface area contributed by atoms with Crippen LogP contribution >= 0.6 is 11.6 Å². The van der Waals surface area contributed by atoms with Gasteiger partial charge in [0.05, 0.1) is 32.1 Å². The molecule has 2 N–H and O–H groups in total. The second-order valence-corrected chi connectivity index (χ2v) is 8.06. The van der Waals surface area contributed by atoms with Crippen LogP contribution in [0.5, 0.6) is 23.0 Å². The van der Waals surface area contributed by atoms with E-state index in [1.165, 1.54) is 20.4 Å². The van der Waals surface area contributed by atoms with E-state index in [1.807, 2.05) is 25.1 Å². The zero-order valence-corrected chi connectivity index (χ0v) is 21.5. The molecule has 10 heteroatoms. The van der Waals surface area contributed by atoms with E-state index < -0.39 is 5.91 Å². The minimum atomic E-state index is -0.431. The fourth-order valence-corrected chi connectivity index (χ4v) is 3.45. The quantitative estimate of drug-likeness (QED) is 0.256. The summed E-state index contributed by atoms with van der Waals surface area (Å²) in [5, 5.41) is 6.94. The van der Waals surface area contributed by atoms with Gasteiger partial charge >= 0.3 is 0 Å². The van der Waals surface area contributed by atoms with E-state index in [-0.39, 0.29) is 23.3 Å². The molecule has 0 aliphatic heterocycles. The minimum absolute atomic E-state index is 0.214. The Hall–Kier alpha value is -4.24. The van der Waals surface area contributed by atoms with Gasteiger partial charge in [-0.2, -0.15) is 5.10 Å². The number of carbonyl (C=O) groups is 2. The van der Waals surface area contributed by atoms with E-state index in [0.29, 0.717) is 40.7 Å². The van der Waals surface area contributed by atoms with Crippen molar-refractivity contribution in [3.8, 4) is 23.0 Å². The molecule has 0 aliphatic rings. The molecule has 0 aliphatic carbocycles. The average molecular weight is 526 g/mol. The molecule has 3 rings (SSSR count). The van der Waals surface area contributed by atoms with Crippen LogP contribution in [0.15, 0.2) is 65.8 Å². The van der Waals surface area contributed by atoms with Crippen LogP contribution in [-0.4, -0.2) is 45.5 Å². The van der Waals surface area contributed by atoms with E-state index in [2.05, 4.69) is 15.8 Å². The third-order valence-corrected chi connectivity index (χ3v) is 5.20. The molecule has 2 amide bonds. The summed E-state index contributed by atoms with van der Waals surface area (Å²) in [6.45, 7) is 2.28. The van der Waals surface area contributed by atoms with Gasteiger partial charge in [0.15, 0.2) is 29.6 Å². The SMILES string of the molecule is CCCOc1ccc(C(=O)N/N=C/c2cc(Cl)c(OCC(=O)Nc3ccccc3)c(OC)c2)cc1OC. The lowest BCUT2D eigenvalue weighted by Gasteiger charge is -2.13. The van der Waals surface area contributed by atoms with Gasteiger partial charge in [-0.1, -0.05) is 36.7 Å². The number of halogens is 1. The molecule has 0 radical (unpaired) electrons. The third kappa shape index (κ3) is 7.88. The van der Waals surface area contributed by atoms with Crippen LogP contribution < -0.4 is 29.7 Å². The lowest BCUT2D eigenvalue weighted by atomic mass is 10.2. The fourth-order valence-electron chi connectivity index (χ4n) is 3.18. The molecule has 0 unspecified atom stereocenters. The van der Waals surface area contributed by atoms with Crippen LogP contribution in [0, 0.1) is 0 Å². The molecule has 37 heavy (non-hydrogen) atoms. The van der Waals surface area contributed by atoms with Crippen molar-refractivity contribution in [3.63, 3.8) is 0 Å². The lowest BCUT2D eigenvalue weighted by Crippen LogP contribution is -2.20. The zero-order chi connectivity index (χ0) is 26.6. The maximum absolute atomic E-state index is 12.5. The Labute approximate surface area is 220 Å². The molecule has 0 saturated carbocycles. The highest BCUT2D eigenvalue weighted by molar-refractivity contribution is 6.32. The molecule has 194 valence electrons. The van der Waals surface area contributed by atoms with Crippen molar-refractivity contribution < 1.29 is 28.5 Å². The molecule has 0 aromatic heterocycles. The van der Waals surface area contributed by atoms with Crippen molar-refractivity contribution in [1.29, 1.82) is 0 Å². The molecule has 9 nitrogen and oxygen atoms in total. The van der Waals surface area contributed by atoms with Crippen LogP contribution in [0.25, 0.3) is 0 Å². The predicted octanol–water partition coefficient (Wildman–Crippen LogP) is 4.93. The standard InChI is InChI=1S/C27H28ClN3O6/c1-4-12-36-22-11-10-19(15-23(22)34-2)27(33)31-29-16-18-13-21(28)26(24(14-18)35-3)37-17-25(32)30-20-8-6-5-7-9-20/h5-11,13-16H,4,12,17H2,1-3H3,(H,30,32)(H,31,33)/b29-16+. The van der Waals surface area contributed by atoms with Gasteiger partial charge in [-0.05, 0) is 54.4 Å².